The number of hydrogen-bond acceptors (Lipinski definition) is 2. The van der Waals surface area contributed by atoms with E-state index in [1.165, 1.54) is 18.4 Å². The fourth-order valence-corrected chi connectivity index (χ4v) is 4.19. The molecule has 1 aromatic carbocycles. The van der Waals surface area contributed by atoms with E-state index in [-0.39, 0.29) is 17.7 Å². The van der Waals surface area contributed by atoms with Crippen molar-refractivity contribution in [2.24, 2.45) is 11.8 Å². The molecule has 1 heterocycles. The van der Waals surface area contributed by atoms with Crippen molar-refractivity contribution in [3.8, 4) is 0 Å². The molecule has 0 aromatic heterocycles. The maximum atomic E-state index is 12.7. The van der Waals surface area contributed by atoms with Gasteiger partial charge in [-0.25, -0.2) is 0 Å². The van der Waals surface area contributed by atoms with E-state index in [1.54, 1.807) is 0 Å². The highest BCUT2D eigenvalue weighted by molar-refractivity contribution is 5.81. The minimum atomic E-state index is 0.0635. The lowest BCUT2D eigenvalue weighted by atomic mass is 9.81. The molecule has 0 spiro atoms. The smallest absolute Gasteiger partial charge is 0.225 e. The van der Waals surface area contributed by atoms with Gasteiger partial charge in [0, 0.05) is 31.5 Å². The first-order valence-electron chi connectivity index (χ1n) is 10.3. The van der Waals surface area contributed by atoms with Gasteiger partial charge in [-0.1, -0.05) is 42.7 Å². The molecule has 0 radical (unpaired) electrons. The average molecular weight is 357 g/mol. The summed E-state index contributed by atoms with van der Waals surface area (Å²) in [5.74, 6) is 0.680. The molecule has 1 saturated carbocycles. The fourth-order valence-electron chi connectivity index (χ4n) is 4.19. The van der Waals surface area contributed by atoms with Gasteiger partial charge in [0.05, 0.1) is 0 Å². The molecule has 4 heteroatoms. The summed E-state index contributed by atoms with van der Waals surface area (Å²) in [7, 11) is 0. The van der Waals surface area contributed by atoms with Crippen LogP contribution >= 0.6 is 0 Å². The summed E-state index contributed by atoms with van der Waals surface area (Å²) < 4.78 is 0. The van der Waals surface area contributed by atoms with Crippen LogP contribution in [0.1, 0.15) is 62.5 Å². The number of likely N-dealkylation sites (tertiary alicyclic amines) is 1. The SMILES string of the molecule is Cc1ccc(CNC(=O)C2CCC(C(=O)N3CCCCCC3)CC2)cc1. The van der Waals surface area contributed by atoms with Crippen LogP contribution in [0.5, 0.6) is 0 Å². The Hall–Kier alpha value is -1.84. The summed E-state index contributed by atoms with van der Waals surface area (Å²) in [4.78, 5) is 27.3. The molecule has 2 fully saturated rings. The highest BCUT2D eigenvalue weighted by Crippen LogP contribution is 2.31. The zero-order valence-electron chi connectivity index (χ0n) is 16.0. The minimum Gasteiger partial charge on any atom is -0.352 e. The molecule has 2 aliphatic rings. The number of aryl methyl sites for hydroxylation is 1. The van der Waals surface area contributed by atoms with Crippen molar-refractivity contribution in [2.45, 2.75) is 64.8 Å². The number of benzene rings is 1. The van der Waals surface area contributed by atoms with Crippen molar-refractivity contribution >= 4 is 11.8 Å². The second kappa shape index (κ2) is 9.20. The number of carbonyl (C=O) groups excluding carboxylic acids is 2. The van der Waals surface area contributed by atoms with Crippen molar-refractivity contribution in [1.82, 2.24) is 10.2 Å². The standard InChI is InChI=1S/C22H32N2O2/c1-17-6-8-18(9-7-17)16-23-21(25)19-10-12-20(13-11-19)22(26)24-14-4-2-3-5-15-24/h6-9,19-20H,2-5,10-16H2,1H3,(H,23,25). The normalized spacial score (nSPS) is 24.0. The Morgan fingerprint density at radius 3 is 2.12 bits per heavy atom. The summed E-state index contributed by atoms with van der Waals surface area (Å²) in [5.41, 5.74) is 2.36. The van der Waals surface area contributed by atoms with Gasteiger partial charge in [0.25, 0.3) is 0 Å². The van der Waals surface area contributed by atoms with Crippen molar-refractivity contribution in [1.29, 1.82) is 0 Å². The van der Waals surface area contributed by atoms with Crippen LogP contribution in [0.3, 0.4) is 0 Å². The Morgan fingerprint density at radius 1 is 0.923 bits per heavy atom. The lowest BCUT2D eigenvalue weighted by molar-refractivity contribution is -0.138. The first kappa shape index (κ1) is 18.9. The Kier molecular flexibility index (Phi) is 6.70. The predicted molar refractivity (Wildman–Crippen MR) is 104 cm³/mol. The van der Waals surface area contributed by atoms with Crippen LogP contribution in [-0.2, 0) is 16.1 Å². The molecule has 2 amide bonds. The van der Waals surface area contributed by atoms with Gasteiger partial charge in [0.15, 0.2) is 0 Å². The highest BCUT2D eigenvalue weighted by Gasteiger charge is 2.32. The molecule has 0 unspecified atom stereocenters. The first-order chi connectivity index (χ1) is 12.6. The van der Waals surface area contributed by atoms with Gasteiger partial charge in [-0.05, 0) is 51.0 Å². The topological polar surface area (TPSA) is 49.4 Å². The summed E-state index contributed by atoms with van der Waals surface area (Å²) in [5, 5.41) is 3.07. The van der Waals surface area contributed by atoms with Gasteiger partial charge < -0.3 is 10.2 Å². The number of carbonyl (C=O) groups is 2. The number of rotatable bonds is 4. The van der Waals surface area contributed by atoms with Crippen LogP contribution in [0.4, 0.5) is 0 Å². The van der Waals surface area contributed by atoms with Gasteiger partial charge in [-0.3, -0.25) is 9.59 Å². The van der Waals surface area contributed by atoms with Crippen LogP contribution in [-0.4, -0.2) is 29.8 Å². The quantitative estimate of drug-likeness (QED) is 0.891. The van der Waals surface area contributed by atoms with Crippen LogP contribution < -0.4 is 5.32 Å². The second-order valence-corrected chi connectivity index (χ2v) is 7.99. The third kappa shape index (κ3) is 5.09. The molecule has 1 aromatic rings. The van der Waals surface area contributed by atoms with Gasteiger partial charge in [-0.15, -0.1) is 0 Å². The van der Waals surface area contributed by atoms with Crippen molar-refractivity contribution in [2.75, 3.05) is 13.1 Å². The number of hydrogen-bond donors (Lipinski definition) is 1. The van der Waals surface area contributed by atoms with E-state index in [4.69, 9.17) is 0 Å². The zero-order chi connectivity index (χ0) is 18.4. The number of nitrogens with zero attached hydrogens (tertiary/aromatic N) is 1. The van der Waals surface area contributed by atoms with E-state index >= 15 is 0 Å². The van der Waals surface area contributed by atoms with Gasteiger partial charge in [0.1, 0.15) is 0 Å². The molecule has 1 N–H and O–H groups in total. The molecule has 142 valence electrons. The predicted octanol–water partition coefficient (Wildman–Crippen LogP) is 3.82. The van der Waals surface area contributed by atoms with Gasteiger partial charge in [-0.2, -0.15) is 0 Å². The molecule has 0 atom stereocenters. The molecular weight excluding hydrogens is 324 g/mol. The van der Waals surface area contributed by atoms with Crippen LogP contribution in [0.25, 0.3) is 0 Å². The molecule has 0 bridgehead atoms. The third-order valence-electron chi connectivity index (χ3n) is 5.95. The highest BCUT2D eigenvalue weighted by atomic mass is 16.2. The first-order valence-corrected chi connectivity index (χ1v) is 10.3. The monoisotopic (exact) mass is 356 g/mol. The average Bonchev–Trinajstić information content (AvgIpc) is 2.96. The second-order valence-electron chi connectivity index (χ2n) is 7.99. The lowest BCUT2D eigenvalue weighted by Gasteiger charge is -2.31. The zero-order valence-corrected chi connectivity index (χ0v) is 16.0. The van der Waals surface area contributed by atoms with E-state index < -0.39 is 0 Å². The molecule has 4 nitrogen and oxygen atoms in total. The van der Waals surface area contributed by atoms with Crippen LogP contribution in [0.15, 0.2) is 24.3 Å². The van der Waals surface area contributed by atoms with E-state index in [2.05, 4.69) is 41.4 Å². The maximum Gasteiger partial charge on any atom is 0.225 e. The largest absolute Gasteiger partial charge is 0.352 e. The van der Waals surface area contributed by atoms with Crippen LogP contribution in [0.2, 0.25) is 0 Å². The summed E-state index contributed by atoms with van der Waals surface area (Å²) in [6.07, 6.45) is 8.17. The maximum absolute atomic E-state index is 12.7. The van der Waals surface area contributed by atoms with Gasteiger partial charge in [0.2, 0.25) is 11.8 Å². The van der Waals surface area contributed by atoms with E-state index in [9.17, 15) is 9.59 Å². The third-order valence-corrected chi connectivity index (χ3v) is 5.95. The minimum absolute atomic E-state index is 0.0635. The van der Waals surface area contributed by atoms with E-state index in [0.717, 1.165) is 57.2 Å². The van der Waals surface area contributed by atoms with Gasteiger partial charge >= 0.3 is 0 Å². The summed E-state index contributed by atoms with van der Waals surface area (Å²) >= 11 is 0. The molecule has 26 heavy (non-hydrogen) atoms. The summed E-state index contributed by atoms with van der Waals surface area (Å²) in [6, 6.07) is 8.26. The Morgan fingerprint density at radius 2 is 1.50 bits per heavy atom. The Balaban J connectivity index is 1.43. The van der Waals surface area contributed by atoms with Crippen molar-refractivity contribution in [3.05, 3.63) is 35.4 Å². The molecule has 1 aliphatic carbocycles. The molecule has 1 aliphatic heterocycles. The molecule has 1 saturated heterocycles. The Labute approximate surface area is 157 Å². The fraction of sp³-hybridized carbons (Fsp3) is 0.636. The van der Waals surface area contributed by atoms with Crippen molar-refractivity contribution in [3.63, 3.8) is 0 Å². The summed E-state index contributed by atoms with van der Waals surface area (Å²) in [6.45, 7) is 4.51. The van der Waals surface area contributed by atoms with Crippen molar-refractivity contribution < 1.29 is 9.59 Å². The lowest BCUT2D eigenvalue weighted by Crippen LogP contribution is -2.40. The molecular formula is C22H32N2O2. The molecule has 3 rings (SSSR count). The van der Waals surface area contributed by atoms with Crippen LogP contribution in [0, 0.1) is 18.8 Å². The van der Waals surface area contributed by atoms with E-state index in [1.807, 2.05) is 0 Å². The van der Waals surface area contributed by atoms with E-state index in [0.29, 0.717) is 12.5 Å². The Bertz CT molecular complexity index is 595. The number of amides is 2. The number of nitrogens with one attached hydrogen (secondary N) is 1.